The van der Waals surface area contributed by atoms with Crippen LogP contribution in [0.4, 0.5) is 11.4 Å². The predicted molar refractivity (Wildman–Crippen MR) is 124 cm³/mol. The normalized spacial score (nSPS) is 19.4. The summed E-state index contributed by atoms with van der Waals surface area (Å²) >= 11 is 1.77. The van der Waals surface area contributed by atoms with E-state index in [9.17, 15) is 9.59 Å². The number of thiazole rings is 1. The number of para-hydroxylation sites is 1. The van der Waals surface area contributed by atoms with E-state index in [1.165, 1.54) is 4.70 Å². The van der Waals surface area contributed by atoms with Crippen molar-refractivity contribution in [3.63, 3.8) is 0 Å². The molecule has 2 aliphatic heterocycles. The van der Waals surface area contributed by atoms with Crippen molar-refractivity contribution in [2.24, 2.45) is 0 Å². The summed E-state index contributed by atoms with van der Waals surface area (Å²) in [6.07, 6.45) is 4.21. The Bertz CT molecular complexity index is 1060. The highest BCUT2D eigenvalue weighted by Crippen LogP contribution is 2.36. The van der Waals surface area contributed by atoms with Crippen LogP contribution in [0.2, 0.25) is 0 Å². The fourth-order valence-electron chi connectivity index (χ4n) is 4.52. The Labute approximate surface area is 185 Å². The monoisotopic (exact) mass is 434 g/mol. The number of amides is 2. The lowest BCUT2D eigenvalue weighted by molar-refractivity contribution is -0.117. The van der Waals surface area contributed by atoms with Gasteiger partial charge in [-0.1, -0.05) is 12.1 Å². The maximum Gasteiger partial charge on any atom is 0.227 e. The average Bonchev–Trinajstić information content (AvgIpc) is 3.51. The molecule has 1 N–H and O–H groups in total. The lowest BCUT2D eigenvalue weighted by Crippen LogP contribution is -2.27. The van der Waals surface area contributed by atoms with Crippen LogP contribution < -0.4 is 10.2 Å². The van der Waals surface area contributed by atoms with Gasteiger partial charge in [0.05, 0.1) is 16.3 Å². The molecule has 1 unspecified atom stereocenters. The van der Waals surface area contributed by atoms with Gasteiger partial charge in [-0.2, -0.15) is 0 Å². The molecule has 0 radical (unpaired) electrons. The van der Waals surface area contributed by atoms with Crippen LogP contribution >= 0.6 is 11.3 Å². The lowest BCUT2D eigenvalue weighted by atomic mass is 10.2. The van der Waals surface area contributed by atoms with E-state index in [1.807, 2.05) is 30.3 Å². The molecule has 0 bridgehead atoms. The fraction of sp³-hybridized carbons (Fsp3) is 0.375. The number of aromatic nitrogens is 1. The molecule has 31 heavy (non-hydrogen) atoms. The number of carbonyl (C=O) groups is 2. The van der Waals surface area contributed by atoms with Crippen LogP contribution in [-0.4, -0.2) is 41.3 Å². The van der Waals surface area contributed by atoms with Crippen molar-refractivity contribution >= 4 is 44.7 Å². The molecule has 0 aliphatic carbocycles. The molecule has 7 heteroatoms. The second kappa shape index (κ2) is 8.77. The van der Waals surface area contributed by atoms with Crippen molar-refractivity contribution < 1.29 is 9.59 Å². The molecule has 3 aromatic rings. The molecule has 2 saturated heterocycles. The second-order valence-corrected chi connectivity index (χ2v) is 9.27. The van der Waals surface area contributed by atoms with Crippen LogP contribution in [0.3, 0.4) is 0 Å². The van der Waals surface area contributed by atoms with E-state index in [4.69, 9.17) is 4.98 Å². The fourth-order valence-corrected chi connectivity index (χ4v) is 5.66. The molecule has 6 nitrogen and oxygen atoms in total. The van der Waals surface area contributed by atoms with Crippen LogP contribution in [0.25, 0.3) is 10.2 Å². The van der Waals surface area contributed by atoms with E-state index in [1.54, 1.807) is 16.2 Å². The Hall–Kier alpha value is -2.77. The maximum atomic E-state index is 12.5. The zero-order valence-corrected chi connectivity index (χ0v) is 18.2. The van der Waals surface area contributed by atoms with Crippen molar-refractivity contribution in [1.29, 1.82) is 0 Å². The first kappa shape index (κ1) is 20.2. The van der Waals surface area contributed by atoms with Crippen molar-refractivity contribution in [2.45, 2.75) is 38.1 Å². The Kier molecular flexibility index (Phi) is 5.70. The SMILES string of the molecule is O=C(CCN1CCCC1c1nc2ccccc2s1)Nc1ccc(N2CCCC2=O)cc1. The third-order valence-corrected chi connectivity index (χ3v) is 7.26. The predicted octanol–water partition coefficient (Wildman–Crippen LogP) is 4.59. The molecule has 3 heterocycles. The van der Waals surface area contributed by atoms with Gasteiger partial charge >= 0.3 is 0 Å². The summed E-state index contributed by atoms with van der Waals surface area (Å²) in [6.45, 7) is 2.51. The number of rotatable bonds is 6. The van der Waals surface area contributed by atoms with Crippen LogP contribution in [0, 0.1) is 0 Å². The van der Waals surface area contributed by atoms with Gasteiger partial charge in [-0.15, -0.1) is 11.3 Å². The summed E-state index contributed by atoms with van der Waals surface area (Å²) in [7, 11) is 0. The largest absolute Gasteiger partial charge is 0.326 e. The molecule has 0 spiro atoms. The third kappa shape index (κ3) is 4.34. The molecule has 2 amide bonds. The van der Waals surface area contributed by atoms with Gasteiger partial charge in [0, 0.05) is 37.3 Å². The molecule has 1 aromatic heterocycles. The van der Waals surface area contributed by atoms with Crippen LogP contribution in [0.15, 0.2) is 48.5 Å². The van der Waals surface area contributed by atoms with Crippen molar-refractivity contribution in [3.8, 4) is 0 Å². The quantitative estimate of drug-likeness (QED) is 0.616. The van der Waals surface area contributed by atoms with E-state index in [0.717, 1.165) is 60.8 Å². The second-order valence-electron chi connectivity index (χ2n) is 8.21. The van der Waals surface area contributed by atoms with Gasteiger partial charge in [-0.05, 0) is 62.2 Å². The van der Waals surface area contributed by atoms with E-state index in [2.05, 4.69) is 28.4 Å². The number of fused-ring (bicyclic) bond motifs is 1. The van der Waals surface area contributed by atoms with Crippen molar-refractivity contribution in [3.05, 3.63) is 53.5 Å². The summed E-state index contributed by atoms with van der Waals surface area (Å²) in [4.78, 5) is 33.4. The standard InChI is InChI=1S/C24H26N4O2S/c29-22(25-17-9-11-18(12-10-17)28-15-4-8-23(28)30)13-16-27-14-3-6-20(27)24-26-19-5-1-2-7-21(19)31-24/h1-2,5,7,9-12,20H,3-4,6,8,13-16H2,(H,25,29). The Morgan fingerprint density at radius 2 is 1.94 bits per heavy atom. The Morgan fingerprint density at radius 3 is 2.71 bits per heavy atom. The van der Waals surface area contributed by atoms with E-state index >= 15 is 0 Å². The summed E-state index contributed by atoms with van der Waals surface area (Å²) in [6, 6.07) is 16.1. The van der Waals surface area contributed by atoms with Gasteiger partial charge in [0.15, 0.2) is 0 Å². The Balaban J connectivity index is 1.17. The molecule has 1 atom stereocenters. The number of likely N-dealkylation sites (tertiary alicyclic amines) is 1. The highest BCUT2D eigenvalue weighted by molar-refractivity contribution is 7.18. The molecule has 2 aliphatic rings. The first-order chi connectivity index (χ1) is 15.2. The highest BCUT2D eigenvalue weighted by atomic mass is 32.1. The first-order valence-corrected chi connectivity index (χ1v) is 11.8. The third-order valence-electron chi connectivity index (χ3n) is 6.12. The number of benzene rings is 2. The van der Waals surface area contributed by atoms with Gasteiger partial charge in [0.25, 0.3) is 0 Å². The molecule has 2 aromatic carbocycles. The number of nitrogens with one attached hydrogen (secondary N) is 1. The van der Waals surface area contributed by atoms with Gasteiger partial charge in [-0.25, -0.2) is 4.98 Å². The van der Waals surface area contributed by atoms with E-state index in [0.29, 0.717) is 18.9 Å². The number of nitrogens with zero attached hydrogens (tertiary/aromatic N) is 3. The van der Waals surface area contributed by atoms with Crippen LogP contribution in [0.1, 0.15) is 43.2 Å². The maximum absolute atomic E-state index is 12.5. The molecule has 5 rings (SSSR count). The van der Waals surface area contributed by atoms with Gasteiger partial charge < -0.3 is 10.2 Å². The van der Waals surface area contributed by atoms with Crippen molar-refractivity contribution in [1.82, 2.24) is 9.88 Å². The lowest BCUT2D eigenvalue weighted by Gasteiger charge is -2.22. The minimum Gasteiger partial charge on any atom is -0.326 e. The van der Waals surface area contributed by atoms with Gasteiger partial charge in [0.2, 0.25) is 11.8 Å². The van der Waals surface area contributed by atoms with Crippen molar-refractivity contribution in [2.75, 3.05) is 29.9 Å². The topological polar surface area (TPSA) is 65.5 Å². The molecule has 160 valence electrons. The van der Waals surface area contributed by atoms with Gasteiger partial charge in [-0.3, -0.25) is 14.5 Å². The minimum absolute atomic E-state index is 0.0138. The average molecular weight is 435 g/mol. The number of anilines is 2. The number of carbonyl (C=O) groups excluding carboxylic acids is 2. The zero-order valence-electron chi connectivity index (χ0n) is 17.4. The zero-order chi connectivity index (χ0) is 21.2. The molecular weight excluding hydrogens is 408 g/mol. The molecule has 2 fully saturated rings. The summed E-state index contributed by atoms with van der Waals surface area (Å²) in [5.41, 5.74) is 2.73. The number of hydrogen-bond donors (Lipinski definition) is 1. The summed E-state index contributed by atoms with van der Waals surface area (Å²) in [5, 5.41) is 4.15. The first-order valence-electron chi connectivity index (χ1n) is 11.0. The van der Waals surface area contributed by atoms with Gasteiger partial charge in [0.1, 0.15) is 5.01 Å². The minimum atomic E-state index is 0.0138. The highest BCUT2D eigenvalue weighted by Gasteiger charge is 2.28. The summed E-state index contributed by atoms with van der Waals surface area (Å²) < 4.78 is 1.22. The van der Waals surface area contributed by atoms with Crippen LogP contribution in [0.5, 0.6) is 0 Å². The molecular formula is C24H26N4O2S. The summed E-state index contributed by atoms with van der Waals surface area (Å²) in [5.74, 6) is 0.185. The van der Waals surface area contributed by atoms with E-state index < -0.39 is 0 Å². The van der Waals surface area contributed by atoms with E-state index in [-0.39, 0.29) is 11.8 Å². The van der Waals surface area contributed by atoms with Crippen LogP contribution in [-0.2, 0) is 9.59 Å². The Morgan fingerprint density at radius 1 is 1.10 bits per heavy atom. The smallest absolute Gasteiger partial charge is 0.227 e. The molecule has 0 saturated carbocycles. The number of hydrogen-bond acceptors (Lipinski definition) is 5.